The highest BCUT2D eigenvalue weighted by Crippen LogP contribution is 2.49. The number of hydrogen-bond donors (Lipinski definition) is 1. The standard InChI is InChI=1S/C20H26N2O2/c23-19(12-17-11-15-3-6-16(17)10-15)21-13-14-4-7-18(8-5-14)22-9-1-2-20(22)24/h4-5,7-8,15-17H,1-3,6,9-13H2,(H,21,23)/t15-,16-,17+/m1/s1. The molecule has 2 saturated carbocycles. The monoisotopic (exact) mass is 326 g/mol. The predicted octanol–water partition coefficient (Wildman–Crippen LogP) is 3.26. The molecule has 4 heteroatoms. The van der Waals surface area contributed by atoms with Gasteiger partial charge in [-0.1, -0.05) is 18.6 Å². The Morgan fingerprint density at radius 1 is 1.17 bits per heavy atom. The SMILES string of the molecule is O=C(C[C@@H]1C[C@@H]2CC[C@@H]1C2)NCc1ccc(N2CCCC2=O)cc1. The molecule has 0 unspecified atom stereocenters. The Labute approximate surface area is 143 Å². The van der Waals surface area contributed by atoms with Gasteiger partial charge in [-0.3, -0.25) is 9.59 Å². The number of nitrogens with zero attached hydrogens (tertiary/aromatic N) is 1. The largest absolute Gasteiger partial charge is 0.352 e. The van der Waals surface area contributed by atoms with Crippen LogP contribution in [-0.4, -0.2) is 18.4 Å². The number of nitrogens with one attached hydrogen (secondary N) is 1. The first-order valence-corrected chi connectivity index (χ1v) is 9.35. The summed E-state index contributed by atoms with van der Waals surface area (Å²) in [5.41, 5.74) is 2.06. The number of amides is 2. The van der Waals surface area contributed by atoms with Crippen LogP contribution in [0.25, 0.3) is 0 Å². The molecule has 0 spiro atoms. The molecule has 128 valence electrons. The van der Waals surface area contributed by atoms with Crippen LogP contribution in [0, 0.1) is 17.8 Å². The van der Waals surface area contributed by atoms with Gasteiger partial charge in [0.15, 0.2) is 0 Å². The van der Waals surface area contributed by atoms with Gasteiger partial charge >= 0.3 is 0 Å². The third-order valence-corrected chi connectivity index (χ3v) is 6.14. The van der Waals surface area contributed by atoms with Crippen molar-refractivity contribution in [3.05, 3.63) is 29.8 Å². The van der Waals surface area contributed by atoms with Crippen molar-refractivity contribution in [2.45, 2.75) is 51.5 Å². The highest BCUT2D eigenvalue weighted by Gasteiger charge is 2.40. The van der Waals surface area contributed by atoms with E-state index in [4.69, 9.17) is 0 Å². The highest BCUT2D eigenvalue weighted by atomic mass is 16.2. The van der Waals surface area contributed by atoms with Crippen LogP contribution in [-0.2, 0) is 16.1 Å². The molecule has 3 aliphatic rings. The Morgan fingerprint density at radius 2 is 2.00 bits per heavy atom. The summed E-state index contributed by atoms with van der Waals surface area (Å²) < 4.78 is 0. The van der Waals surface area contributed by atoms with Gasteiger partial charge in [0.1, 0.15) is 0 Å². The molecule has 4 rings (SSSR count). The van der Waals surface area contributed by atoms with E-state index in [9.17, 15) is 9.59 Å². The van der Waals surface area contributed by atoms with E-state index < -0.39 is 0 Å². The summed E-state index contributed by atoms with van der Waals surface area (Å²) >= 11 is 0. The Bertz CT molecular complexity index is 625. The Balaban J connectivity index is 1.26. The van der Waals surface area contributed by atoms with Crippen molar-refractivity contribution >= 4 is 17.5 Å². The minimum absolute atomic E-state index is 0.186. The van der Waals surface area contributed by atoms with Gasteiger partial charge in [-0.15, -0.1) is 0 Å². The average molecular weight is 326 g/mol. The molecule has 4 nitrogen and oxygen atoms in total. The summed E-state index contributed by atoms with van der Waals surface area (Å²) in [7, 11) is 0. The Kier molecular flexibility index (Phi) is 4.30. The number of anilines is 1. The first-order valence-electron chi connectivity index (χ1n) is 9.35. The maximum atomic E-state index is 12.2. The fourth-order valence-corrected chi connectivity index (χ4v) is 4.85. The third-order valence-electron chi connectivity index (χ3n) is 6.14. The molecular formula is C20H26N2O2. The molecule has 24 heavy (non-hydrogen) atoms. The molecule has 2 bridgehead atoms. The van der Waals surface area contributed by atoms with Crippen molar-refractivity contribution < 1.29 is 9.59 Å². The van der Waals surface area contributed by atoms with Gasteiger partial charge < -0.3 is 10.2 Å². The van der Waals surface area contributed by atoms with Gasteiger partial charge in [0.05, 0.1) is 0 Å². The molecule has 3 fully saturated rings. The van der Waals surface area contributed by atoms with Crippen LogP contribution in [0.3, 0.4) is 0 Å². The predicted molar refractivity (Wildman–Crippen MR) is 93.4 cm³/mol. The second kappa shape index (κ2) is 6.58. The van der Waals surface area contributed by atoms with Gasteiger partial charge in [0.2, 0.25) is 11.8 Å². The zero-order valence-electron chi connectivity index (χ0n) is 14.2. The molecule has 1 aliphatic heterocycles. The van der Waals surface area contributed by atoms with E-state index in [2.05, 4.69) is 5.32 Å². The Hall–Kier alpha value is -1.84. The van der Waals surface area contributed by atoms with Crippen molar-refractivity contribution in [3.8, 4) is 0 Å². The Morgan fingerprint density at radius 3 is 2.62 bits per heavy atom. The van der Waals surface area contributed by atoms with Crippen LogP contribution in [0.15, 0.2) is 24.3 Å². The lowest BCUT2D eigenvalue weighted by Gasteiger charge is -2.21. The van der Waals surface area contributed by atoms with Crippen LogP contribution < -0.4 is 10.2 Å². The molecule has 2 amide bonds. The summed E-state index contributed by atoms with van der Waals surface area (Å²) in [5, 5.41) is 3.06. The molecule has 1 aromatic carbocycles. The quantitative estimate of drug-likeness (QED) is 0.903. The molecule has 1 aromatic rings. The van der Waals surface area contributed by atoms with Crippen LogP contribution in [0.5, 0.6) is 0 Å². The van der Waals surface area contributed by atoms with Crippen LogP contribution in [0.1, 0.15) is 50.5 Å². The van der Waals surface area contributed by atoms with Crippen molar-refractivity contribution in [1.82, 2.24) is 5.32 Å². The van der Waals surface area contributed by atoms with E-state index in [1.54, 1.807) is 0 Å². The average Bonchev–Trinajstić information content (AvgIpc) is 3.30. The van der Waals surface area contributed by atoms with Crippen molar-refractivity contribution in [2.75, 3.05) is 11.4 Å². The van der Waals surface area contributed by atoms with E-state index >= 15 is 0 Å². The first-order chi connectivity index (χ1) is 11.7. The highest BCUT2D eigenvalue weighted by molar-refractivity contribution is 5.95. The minimum atomic E-state index is 0.186. The molecular weight excluding hydrogens is 300 g/mol. The molecule has 2 aliphatic carbocycles. The number of hydrogen-bond acceptors (Lipinski definition) is 2. The molecule has 1 N–H and O–H groups in total. The van der Waals surface area contributed by atoms with Crippen molar-refractivity contribution in [2.24, 2.45) is 17.8 Å². The second-order valence-electron chi connectivity index (χ2n) is 7.73. The number of carbonyl (C=O) groups is 2. The summed E-state index contributed by atoms with van der Waals surface area (Å²) in [6.45, 7) is 1.40. The lowest BCUT2D eigenvalue weighted by molar-refractivity contribution is -0.122. The van der Waals surface area contributed by atoms with Gasteiger partial charge in [0, 0.05) is 31.6 Å². The van der Waals surface area contributed by atoms with E-state index in [1.807, 2.05) is 29.2 Å². The van der Waals surface area contributed by atoms with E-state index in [-0.39, 0.29) is 11.8 Å². The molecule has 0 aromatic heterocycles. The number of benzene rings is 1. The lowest BCUT2D eigenvalue weighted by atomic mass is 9.86. The van der Waals surface area contributed by atoms with Gasteiger partial charge in [-0.05, 0) is 61.1 Å². The van der Waals surface area contributed by atoms with E-state index in [0.717, 1.165) is 36.1 Å². The lowest BCUT2D eigenvalue weighted by Crippen LogP contribution is -2.27. The van der Waals surface area contributed by atoms with E-state index in [1.165, 1.54) is 25.7 Å². The third kappa shape index (κ3) is 3.19. The van der Waals surface area contributed by atoms with Crippen LogP contribution >= 0.6 is 0 Å². The van der Waals surface area contributed by atoms with E-state index in [0.29, 0.717) is 25.3 Å². The van der Waals surface area contributed by atoms with Crippen molar-refractivity contribution in [1.29, 1.82) is 0 Å². The molecule has 1 heterocycles. The molecule has 0 radical (unpaired) electrons. The maximum absolute atomic E-state index is 12.2. The summed E-state index contributed by atoms with van der Waals surface area (Å²) in [4.78, 5) is 25.8. The van der Waals surface area contributed by atoms with Gasteiger partial charge in [-0.2, -0.15) is 0 Å². The van der Waals surface area contributed by atoms with Gasteiger partial charge in [0.25, 0.3) is 0 Å². The fourth-order valence-electron chi connectivity index (χ4n) is 4.85. The van der Waals surface area contributed by atoms with Crippen molar-refractivity contribution in [3.63, 3.8) is 0 Å². The van der Waals surface area contributed by atoms with Gasteiger partial charge in [-0.25, -0.2) is 0 Å². The number of carbonyl (C=O) groups excluding carboxylic acids is 2. The number of rotatable bonds is 5. The molecule has 1 saturated heterocycles. The second-order valence-corrected chi connectivity index (χ2v) is 7.73. The number of fused-ring (bicyclic) bond motifs is 2. The van der Waals surface area contributed by atoms with Crippen LogP contribution in [0.4, 0.5) is 5.69 Å². The minimum Gasteiger partial charge on any atom is -0.352 e. The summed E-state index contributed by atoms with van der Waals surface area (Å²) in [5.74, 6) is 2.72. The normalized spacial score (nSPS) is 28.6. The fraction of sp³-hybridized carbons (Fsp3) is 0.600. The first kappa shape index (κ1) is 15.7. The maximum Gasteiger partial charge on any atom is 0.227 e. The van der Waals surface area contributed by atoms with Crippen LogP contribution in [0.2, 0.25) is 0 Å². The zero-order valence-corrected chi connectivity index (χ0v) is 14.2. The summed E-state index contributed by atoms with van der Waals surface area (Å²) in [6.07, 6.45) is 7.63. The smallest absolute Gasteiger partial charge is 0.227 e. The molecule has 3 atom stereocenters. The summed E-state index contributed by atoms with van der Waals surface area (Å²) in [6, 6.07) is 8.00. The zero-order chi connectivity index (χ0) is 16.5. The topological polar surface area (TPSA) is 49.4 Å².